The Bertz CT molecular complexity index is 413. The van der Waals surface area contributed by atoms with Crippen molar-refractivity contribution in [1.29, 1.82) is 0 Å². The third-order valence-corrected chi connectivity index (χ3v) is 3.77. The van der Waals surface area contributed by atoms with Crippen molar-refractivity contribution in [3.8, 4) is 0 Å². The van der Waals surface area contributed by atoms with Gasteiger partial charge in [-0.25, -0.2) is 0 Å². The molecule has 1 unspecified atom stereocenters. The Labute approximate surface area is 166 Å². The molecule has 1 atom stereocenters. The van der Waals surface area contributed by atoms with Crippen LogP contribution in [0, 0.1) is 5.41 Å². The number of halogens is 4. The number of hydrogen-bond acceptors (Lipinski definition) is 3. The van der Waals surface area contributed by atoms with Crippen LogP contribution in [-0.4, -0.2) is 81.3 Å². The molecule has 0 amide bonds. The van der Waals surface area contributed by atoms with E-state index in [1.807, 2.05) is 21.0 Å². The molecule has 0 aromatic heterocycles. The molecule has 1 rings (SSSR count). The monoisotopic (exact) mass is 479 g/mol. The Morgan fingerprint density at radius 1 is 1.28 bits per heavy atom. The van der Waals surface area contributed by atoms with Crippen LogP contribution in [0.3, 0.4) is 0 Å². The molecular formula is C16H33F3IN5. The Morgan fingerprint density at radius 2 is 1.92 bits per heavy atom. The lowest BCUT2D eigenvalue weighted by atomic mass is 9.93. The van der Waals surface area contributed by atoms with Gasteiger partial charge in [0.15, 0.2) is 5.96 Å². The molecule has 1 saturated heterocycles. The Kier molecular flexibility index (Phi) is 10.6. The highest BCUT2D eigenvalue weighted by atomic mass is 127. The molecule has 0 aliphatic carbocycles. The van der Waals surface area contributed by atoms with Gasteiger partial charge in [0.1, 0.15) is 0 Å². The third-order valence-electron chi connectivity index (χ3n) is 3.77. The molecule has 1 aliphatic heterocycles. The molecule has 0 aromatic rings. The zero-order valence-corrected chi connectivity index (χ0v) is 18.2. The average Bonchev–Trinajstić information content (AvgIpc) is 2.80. The number of aliphatic imine (C=N–C) groups is 1. The normalized spacial score (nSPS) is 19.9. The number of alkyl halides is 3. The largest absolute Gasteiger partial charge is 0.401 e. The summed E-state index contributed by atoms with van der Waals surface area (Å²) in [5.41, 5.74) is 0.0316. The van der Waals surface area contributed by atoms with Crippen molar-refractivity contribution in [2.24, 2.45) is 10.4 Å². The van der Waals surface area contributed by atoms with Gasteiger partial charge in [-0.15, -0.1) is 24.0 Å². The fourth-order valence-electron chi connectivity index (χ4n) is 3.06. The molecule has 2 N–H and O–H groups in total. The molecule has 0 aromatic carbocycles. The maximum absolute atomic E-state index is 12.5. The van der Waals surface area contributed by atoms with Crippen LogP contribution in [0.5, 0.6) is 0 Å². The second-order valence-electron chi connectivity index (χ2n) is 7.58. The third kappa shape index (κ3) is 11.1. The van der Waals surface area contributed by atoms with Gasteiger partial charge in [-0.1, -0.05) is 13.8 Å². The standard InChI is InChI=1S/C16H32F3N5.HI/c1-6-20-14(21-10-15(2,3)11-23(4)5)22-13-7-8-24(9-13)12-16(17,18)19;/h13H,6-12H2,1-5H3,(H2,20,21,22);1H. The fraction of sp³-hybridized carbons (Fsp3) is 0.938. The van der Waals surface area contributed by atoms with Crippen LogP contribution in [0.2, 0.25) is 0 Å². The summed E-state index contributed by atoms with van der Waals surface area (Å²) in [5, 5.41) is 6.46. The van der Waals surface area contributed by atoms with Crippen molar-refractivity contribution in [1.82, 2.24) is 20.4 Å². The van der Waals surface area contributed by atoms with E-state index in [1.165, 1.54) is 4.90 Å². The number of hydrogen-bond donors (Lipinski definition) is 2. The first-order chi connectivity index (χ1) is 11.0. The smallest absolute Gasteiger partial charge is 0.357 e. The maximum atomic E-state index is 12.5. The van der Waals surface area contributed by atoms with E-state index in [2.05, 4.69) is 34.4 Å². The van der Waals surface area contributed by atoms with Crippen molar-refractivity contribution >= 4 is 29.9 Å². The molecular weight excluding hydrogens is 446 g/mol. The molecule has 150 valence electrons. The quantitative estimate of drug-likeness (QED) is 0.335. The van der Waals surface area contributed by atoms with Gasteiger partial charge in [-0.2, -0.15) is 13.2 Å². The van der Waals surface area contributed by atoms with E-state index in [4.69, 9.17) is 0 Å². The fourth-order valence-corrected chi connectivity index (χ4v) is 3.06. The molecule has 1 aliphatic rings. The highest BCUT2D eigenvalue weighted by Gasteiger charge is 2.34. The summed E-state index contributed by atoms with van der Waals surface area (Å²) >= 11 is 0. The minimum Gasteiger partial charge on any atom is -0.357 e. The number of guanidine groups is 1. The van der Waals surface area contributed by atoms with Gasteiger partial charge in [-0.3, -0.25) is 9.89 Å². The summed E-state index contributed by atoms with van der Waals surface area (Å²) in [6.45, 7) is 8.59. The number of likely N-dealkylation sites (tertiary alicyclic amines) is 1. The summed E-state index contributed by atoms with van der Waals surface area (Å²) in [7, 11) is 4.06. The van der Waals surface area contributed by atoms with Crippen molar-refractivity contribution in [3.63, 3.8) is 0 Å². The van der Waals surface area contributed by atoms with Gasteiger partial charge in [-0.05, 0) is 32.9 Å². The molecule has 9 heteroatoms. The van der Waals surface area contributed by atoms with E-state index in [1.54, 1.807) is 0 Å². The van der Waals surface area contributed by atoms with E-state index < -0.39 is 12.7 Å². The van der Waals surface area contributed by atoms with Gasteiger partial charge < -0.3 is 15.5 Å². The SMILES string of the molecule is CCNC(=NCC(C)(C)CN(C)C)NC1CCN(CC(F)(F)F)C1.I. The molecule has 25 heavy (non-hydrogen) atoms. The van der Waals surface area contributed by atoms with E-state index in [0.29, 0.717) is 32.0 Å². The highest BCUT2D eigenvalue weighted by molar-refractivity contribution is 14.0. The van der Waals surface area contributed by atoms with Gasteiger partial charge in [0.05, 0.1) is 6.54 Å². The first-order valence-corrected chi connectivity index (χ1v) is 8.49. The van der Waals surface area contributed by atoms with E-state index in [9.17, 15) is 13.2 Å². The number of nitrogens with zero attached hydrogens (tertiary/aromatic N) is 3. The Balaban J connectivity index is 0.00000576. The van der Waals surface area contributed by atoms with Crippen molar-refractivity contribution in [3.05, 3.63) is 0 Å². The van der Waals surface area contributed by atoms with Crippen molar-refractivity contribution in [2.45, 2.75) is 39.4 Å². The molecule has 0 bridgehead atoms. The molecule has 1 heterocycles. The predicted octanol–water partition coefficient (Wildman–Crippen LogP) is 2.38. The second-order valence-corrected chi connectivity index (χ2v) is 7.58. The first kappa shape index (κ1) is 24.7. The van der Waals surface area contributed by atoms with E-state index in [0.717, 1.165) is 13.1 Å². The summed E-state index contributed by atoms with van der Waals surface area (Å²) in [6, 6.07) is 0.00195. The van der Waals surface area contributed by atoms with Crippen molar-refractivity contribution < 1.29 is 13.2 Å². The highest BCUT2D eigenvalue weighted by Crippen LogP contribution is 2.20. The van der Waals surface area contributed by atoms with Gasteiger partial charge in [0.25, 0.3) is 0 Å². The zero-order valence-electron chi connectivity index (χ0n) is 15.9. The average molecular weight is 479 g/mol. The lowest BCUT2D eigenvalue weighted by Gasteiger charge is -2.27. The number of nitrogens with one attached hydrogen (secondary N) is 2. The number of rotatable bonds is 7. The molecule has 0 spiro atoms. The van der Waals surface area contributed by atoms with E-state index in [-0.39, 0.29) is 35.4 Å². The van der Waals surface area contributed by atoms with Gasteiger partial charge in [0.2, 0.25) is 0 Å². The Morgan fingerprint density at radius 3 is 2.44 bits per heavy atom. The van der Waals surface area contributed by atoms with E-state index >= 15 is 0 Å². The van der Waals surface area contributed by atoms with Crippen molar-refractivity contribution in [2.75, 3.05) is 53.4 Å². The molecule has 0 saturated carbocycles. The second kappa shape index (κ2) is 10.8. The minimum absolute atomic E-state index is 0. The predicted molar refractivity (Wildman–Crippen MR) is 108 cm³/mol. The lowest BCUT2D eigenvalue weighted by molar-refractivity contribution is -0.143. The van der Waals surface area contributed by atoms with Crippen LogP contribution in [0.15, 0.2) is 4.99 Å². The lowest BCUT2D eigenvalue weighted by Crippen LogP contribution is -2.45. The maximum Gasteiger partial charge on any atom is 0.401 e. The summed E-state index contributed by atoms with van der Waals surface area (Å²) in [5.74, 6) is 0.684. The molecule has 5 nitrogen and oxygen atoms in total. The summed E-state index contributed by atoms with van der Waals surface area (Å²) < 4.78 is 37.4. The Hall–Kier alpha value is -0.290. The van der Waals surface area contributed by atoms with Gasteiger partial charge in [0, 0.05) is 38.8 Å². The zero-order chi connectivity index (χ0) is 18.4. The first-order valence-electron chi connectivity index (χ1n) is 8.49. The van der Waals surface area contributed by atoms with Crippen LogP contribution < -0.4 is 10.6 Å². The van der Waals surface area contributed by atoms with Crippen LogP contribution in [-0.2, 0) is 0 Å². The van der Waals surface area contributed by atoms with Crippen LogP contribution in [0.4, 0.5) is 13.2 Å². The summed E-state index contributed by atoms with van der Waals surface area (Å²) in [4.78, 5) is 8.20. The van der Waals surface area contributed by atoms with Crippen LogP contribution in [0.1, 0.15) is 27.2 Å². The van der Waals surface area contributed by atoms with Gasteiger partial charge >= 0.3 is 6.18 Å². The topological polar surface area (TPSA) is 42.9 Å². The van der Waals surface area contributed by atoms with Crippen LogP contribution in [0.25, 0.3) is 0 Å². The minimum atomic E-state index is -4.14. The van der Waals surface area contributed by atoms with Crippen LogP contribution >= 0.6 is 24.0 Å². The summed E-state index contributed by atoms with van der Waals surface area (Å²) in [6.07, 6.45) is -3.44. The molecule has 1 fully saturated rings. The molecule has 0 radical (unpaired) electrons.